The molecule has 3 aromatic rings. The highest BCUT2D eigenvalue weighted by molar-refractivity contribution is 6.35. The van der Waals surface area contributed by atoms with E-state index in [0.717, 1.165) is 12.1 Å². The molecule has 5 nitrogen and oxygen atoms in total. The number of carbonyl (C=O) groups excluding carboxylic acids is 2. The molecule has 0 aliphatic rings. The van der Waals surface area contributed by atoms with Crippen molar-refractivity contribution in [3.8, 4) is 0 Å². The van der Waals surface area contributed by atoms with Gasteiger partial charge in [-0.05, 0) is 54.6 Å². The van der Waals surface area contributed by atoms with Crippen molar-refractivity contribution in [3.63, 3.8) is 0 Å². The predicted molar refractivity (Wildman–Crippen MR) is 119 cm³/mol. The number of anilines is 3. The van der Waals surface area contributed by atoms with E-state index >= 15 is 0 Å². The normalized spacial score (nSPS) is 11.0. The van der Waals surface area contributed by atoms with Crippen molar-refractivity contribution in [2.24, 2.45) is 0 Å². The lowest BCUT2D eigenvalue weighted by atomic mass is 10.1. The second-order valence-electron chi connectivity index (χ2n) is 6.64. The highest BCUT2D eigenvalue weighted by atomic mass is 35.5. The number of halogens is 5. The van der Waals surface area contributed by atoms with Gasteiger partial charge in [0, 0.05) is 22.0 Å². The SMILES string of the molecule is O=C(CNc1cccc(C(=O)Nc2cccc(C(F)(F)F)c2)c1)Nc1cc(Cl)ccc1Cl. The van der Waals surface area contributed by atoms with Crippen LogP contribution in [0.15, 0.2) is 66.7 Å². The Hall–Kier alpha value is -3.23. The number of hydrogen-bond donors (Lipinski definition) is 3. The monoisotopic (exact) mass is 481 g/mol. The lowest BCUT2D eigenvalue weighted by Crippen LogP contribution is -2.22. The van der Waals surface area contributed by atoms with Gasteiger partial charge in [-0.3, -0.25) is 9.59 Å². The van der Waals surface area contributed by atoms with Crippen molar-refractivity contribution in [2.45, 2.75) is 6.18 Å². The molecule has 166 valence electrons. The Kier molecular flexibility index (Phi) is 7.27. The van der Waals surface area contributed by atoms with Crippen LogP contribution in [0, 0.1) is 0 Å². The van der Waals surface area contributed by atoms with Gasteiger partial charge in [0.05, 0.1) is 22.8 Å². The average Bonchev–Trinajstić information content (AvgIpc) is 2.75. The van der Waals surface area contributed by atoms with Gasteiger partial charge in [-0.2, -0.15) is 13.2 Å². The van der Waals surface area contributed by atoms with E-state index in [0.29, 0.717) is 21.4 Å². The smallest absolute Gasteiger partial charge is 0.376 e. The van der Waals surface area contributed by atoms with Gasteiger partial charge >= 0.3 is 6.18 Å². The summed E-state index contributed by atoms with van der Waals surface area (Å²) in [6.07, 6.45) is -4.51. The van der Waals surface area contributed by atoms with Crippen LogP contribution in [0.3, 0.4) is 0 Å². The first-order valence-electron chi connectivity index (χ1n) is 9.19. The van der Waals surface area contributed by atoms with Gasteiger partial charge in [-0.25, -0.2) is 0 Å². The maximum absolute atomic E-state index is 12.8. The molecule has 0 heterocycles. The van der Waals surface area contributed by atoms with Gasteiger partial charge in [0.1, 0.15) is 0 Å². The third kappa shape index (κ3) is 6.38. The van der Waals surface area contributed by atoms with E-state index in [1.54, 1.807) is 24.3 Å². The number of alkyl halides is 3. The molecule has 0 saturated heterocycles. The molecule has 0 aromatic heterocycles. The molecule has 2 amide bonds. The van der Waals surface area contributed by atoms with Crippen LogP contribution in [0.4, 0.5) is 30.2 Å². The summed E-state index contributed by atoms with van der Waals surface area (Å²) in [5.74, 6) is -0.990. The summed E-state index contributed by atoms with van der Waals surface area (Å²) in [7, 11) is 0. The van der Waals surface area contributed by atoms with Gasteiger partial charge in [-0.15, -0.1) is 0 Å². The zero-order chi connectivity index (χ0) is 23.3. The maximum Gasteiger partial charge on any atom is 0.416 e. The summed E-state index contributed by atoms with van der Waals surface area (Å²) in [5, 5.41) is 8.67. The van der Waals surface area contributed by atoms with Crippen LogP contribution in [-0.2, 0) is 11.0 Å². The van der Waals surface area contributed by atoms with Crippen LogP contribution < -0.4 is 16.0 Å². The first-order chi connectivity index (χ1) is 15.1. The molecule has 0 atom stereocenters. The topological polar surface area (TPSA) is 70.2 Å². The Morgan fingerprint density at radius 1 is 0.844 bits per heavy atom. The fourth-order valence-corrected chi connectivity index (χ4v) is 3.05. The van der Waals surface area contributed by atoms with Gasteiger partial charge in [0.2, 0.25) is 5.91 Å². The zero-order valence-corrected chi connectivity index (χ0v) is 17.8. The van der Waals surface area contributed by atoms with E-state index in [4.69, 9.17) is 23.2 Å². The van der Waals surface area contributed by atoms with Gasteiger partial charge in [0.15, 0.2) is 0 Å². The van der Waals surface area contributed by atoms with Gasteiger partial charge in [-0.1, -0.05) is 35.3 Å². The lowest BCUT2D eigenvalue weighted by Gasteiger charge is -2.12. The van der Waals surface area contributed by atoms with Crippen molar-refractivity contribution in [1.82, 2.24) is 0 Å². The second kappa shape index (κ2) is 9.93. The summed E-state index contributed by atoms with van der Waals surface area (Å²) in [6, 6.07) is 15.2. The van der Waals surface area contributed by atoms with Gasteiger partial charge < -0.3 is 16.0 Å². The second-order valence-corrected chi connectivity index (χ2v) is 7.48. The van der Waals surface area contributed by atoms with Crippen LogP contribution in [0.5, 0.6) is 0 Å². The Morgan fingerprint density at radius 2 is 1.56 bits per heavy atom. The number of benzene rings is 3. The summed E-state index contributed by atoms with van der Waals surface area (Å²) >= 11 is 11.9. The summed E-state index contributed by atoms with van der Waals surface area (Å²) < 4.78 is 38.5. The molecule has 3 rings (SSSR count). The van der Waals surface area contributed by atoms with E-state index < -0.39 is 23.6 Å². The molecule has 0 aliphatic heterocycles. The number of amides is 2. The van der Waals surface area contributed by atoms with Crippen LogP contribution in [-0.4, -0.2) is 18.4 Å². The van der Waals surface area contributed by atoms with E-state index in [2.05, 4.69) is 16.0 Å². The molecule has 0 fully saturated rings. The molecule has 10 heteroatoms. The fourth-order valence-electron chi connectivity index (χ4n) is 2.72. The number of nitrogens with one attached hydrogen (secondary N) is 3. The third-order valence-corrected chi connectivity index (χ3v) is 4.79. The lowest BCUT2D eigenvalue weighted by molar-refractivity contribution is -0.137. The van der Waals surface area contributed by atoms with Crippen molar-refractivity contribution >= 4 is 52.1 Å². The zero-order valence-electron chi connectivity index (χ0n) is 16.3. The van der Waals surface area contributed by atoms with E-state index in [9.17, 15) is 22.8 Å². The first-order valence-corrected chi connectivity index (χ1v) is 9.95. The minimum Gasteiger partial charge on any atom is -0.376 e. The Bertz CT molecular complexity index is 1150. The van der Waals surface area contributed by atoms with E-state index in [1.165, 1.54) is 30.3 Å². The highest BCUT2D eigenvalue weighted by Gasteiger charge is 2.30. The molecule has 0 spiro atoms. The Balaban J connectivity index is 1.62. The Labute approximate surface area is 191 Å². The molecule has 0 radical (unpaired) electrons. The predicted octanol–water partition coefficient (Wildman–Crippen LogP) is 6.32. The minimum atomic E-state index is -4.51. The molecular formula is C22H16Cl2F3N3O2. The van der Waals surface area contributed by atoms with Crippen molar-refractivity contribution < 1.29 is 22.8 Å². The molecule has 0 saturated carbocycles. The fraction of sp³-hybridized carbons (Fsp3) is 0.0909. The van der Waals surface area contributed by atoms with Crippen LogP contribution in [0.2, 0.25) is 10.0 Å². The minimum absolute atomic E-state index is 0.0148. The van der Waals surface area contributed by atoms with Crippen molar-refractivity contribution in [3.05, 3.63) is 87.9 Å². The molecule has 3 N–H and O–H groups in total. The standard InChI is InChI=1S/C22H16Cl2F3N3O2/c23-15-7-8-18(24)19(11-15)30-20(31)12-28-16-5-1-3-13(9-16)21(32)29-17-6-2-4-14(10-17)22(25,26)27/h1-11,28H,12H2,(H,29,32)(H,30,31). The molecule has 0 aliphatic carbocycles. The summed E-state index contributed by atoms with van der Waals surface area (Å²) in [4.78, 5) is 24.6. The number of hydrogen-bond acceptors (Lipinski definition) is 3. The van der Waals surface area contributed by atoms with E-state index in [1.807, 2.05) is 0 Å². The number of rotatable bonds is 6. The largest absolute Gasteiger partial charge is 0.416 e. The summed E-state index contributed by atoms with van der Waals surface area (Å²) in [5.41, 5.74) is 0.178. The van der Waals surface area contributed by atoms with Crippen molar-refractivity contribution in [2.75, 3.05) is 22.5 Å². The third-order valence-electron chi connectivity index (χ3n) is 4.23. The summed E-state index contributed by atoms with van der Waals surface area (Å²) in [6.45, 7) is -0.123. The average molecular weight is 482 g/mol. The molecular weight excluding hydrogens is 466 g/mol. The van der Waals surface area contributed by atoms with Gasteiger partial charge in [0.25, 0.3) is 5.91 Å². The molecule has 0 bridgehead atoms. The highest BCUT2D eigenvalue weighted by Crippen LogP contribution is 2.31. The molecule has 32 heavy (non-hydrogen) atoms. The van der Waals surface area contributed by atoms with Crippen LogP contribution >= 0.6 is 23.2 Å². The molecule has 3 aromatic carbocycles. The maximum atomic E-state index is 12.8. The molecule has 0 unspecified atom stereocenters. The van der Waals surface area contributed by atoms with Crippen LogP contribution in [0.25, 0.3) is 0 Å². The van der Waals surface area contributed by atoms with Crippen LogP contribution in [0.1, 0.15) is 15.9 Å². The van der Waals surface area contributed by atoms with E-state index in [-0.39, 0.29) is 17.8 Å². The quantitative estimate of drug-likeness (QED) is 0.386. The Morgan fingerprint density at radius 3 is 2.31 bits per heavy atom. The number of carbonyl (C=O) groups is 2. The van der Waals surface area contributed by atoms with Crippen molar-refractivity contribution in [1.29, 1.82) is 0 Å². The first kappa shape index (κ1) is 23.4.